The van der Waals surface area contributed by atoms with E-state index in [0.29, 0.717) is 17.4 Å². The molecular weight excluding hydrogens is 338 g/mol. The molecule has 136 valence electrons. The Bertz CT molecular complexity index is 652. The lowest BCUT2D eigenvalue weighted by molar-refractivity contribution is -0.138. The van der Waals surface area contributed by atoms with Gasteiger partial charge in [-0.1, -0.05) is 0 Å². The minimum Gasteiger partial charge on any atom is -0.481 e. The van der Waals surface area contributed by atoms with E-state index in [1.54, 1.807) is 12.3 Å². The van der Waals surface area contributed by atoms with Gasteiger partial charge in [-0.05, 0) is 63.2 Å². The Labute approximate surface area is 151 Å². The van der Waals surface area contributed by atoms with Crippen molar-refractivity contribution in [1.82, 2.24) is 10.3 Å². The highest BCUT2D eigenvalue weighted by atomic mass is 32.1. The van der Waals surface area contributed by atoms with Crippen LogP contribution in [0.5, 0.6) is 0 Å². The van der Waals surface area contributed by atoms with E-state index in [1.165, 1.54) is 49.9 Å². The van der Waals surface area contributed by atoms with Crippen LogP contribution in [-0.4, -0.2) is 34.1 Å². The van der Waals surface area contributed by atoms with Gasteiger partial charge < -0.3 is 15.7 Å². The molecule has 1 aromatic rings. The van der Waals surface area contributed by atoms with Crippen molar-refractivity contribution in [3.8, 4) is 0 Å². The monoisotopic (exact) mass is 363 g/mol. The van der Waals surface area contributed by atoms with Crippen LogP contribution in [0.25, 0.3) is 0 Å². The largest absolute Gasteiger partial charge is 0.481 e. The van der Waals surface area contributed by atoms with Crippen LogP contribution in [0, 0.1) is 17.8 Å². The third kappa shape index (κ3) is 3.44. The number of carbonyl (C=O) groups is 2. The van der Waals surface area contributed by atoms with Gasteiger partial charge in [0.15, 0.2) is 5.13 Å². The van der Waals surface area contributed by atoms with Crippen molar-refractivity contribution in [1.29, 1.82) is 0 Å². The maximum absolute atomic E-state index is 12.3. The van der Waals surface area contributed by atoms with Crippen molar-refractivity contribution in [2.24, 2.45) is 17.8 Å². The SMILES string of the molecule is CC(C(=O)O)c1csc(NC(=O)CNC23CC4CC(CC(C4)C2)C3)n1. The summed E-state index contributed by atoms with van der Waals surface area (Å²) in [6.07, 6.45) is 7.79. The highest BCUT2D eigenvalue weighted by Crippen LogP contribution is 2.55. The number of anilines is 1. The van der Waals surface area contributed by atoms with Gasteiger partial charge in [-0.25, -0.2) is 4.98 Å². The first-order valence-electron chi connectivity index (χ1n) is 9.15. The zero-order valence-electron chi connectivity index (χ0n) is 14.5. The fourth-order valence-corrected chi connectivity index (χ4v) is 6.25. The van der Waals surface area contributed by atoms with Crippen LogP contribution in [0.15, 0.2) is 5.38 Å². The van der Waals surface area contributed by atoms with Crippen LogP contribution in [0.2, 0.25) is 0 Å². The highest BCUT2D eigenvalue weighted by Gasteiger charge is 2.50. The summed E-state index contributed by atoms with van der Waals surface area (Å²) in [5, 5.41) is 17.6. The normalized spacial score (nSPS) is 34.0. The maximum Gasteiger partial charge on any atom is 0.312 e. The predicted molar refractivity (Wildman–Crippen MR) is 95.7 cm³/mol. The lowest BCUT2D eigenvalue weighted by Gasteiger charge is -2.57. The summed E-state index contributed by atoms with van der Waals surface area (Å²) in [5.41, 5.74) is 0.652. The number of rotatable bonds is 6. The first kappa shape index (κ1) is 17.0. The highest BCUT2D eigenvalue weighted by molar-refractivity contribution is 7.14. The van der Waals surface area contributed by atoms with E-state index < -0.39 is 11.9 Å². The number of amides is 1. The second-order valence-corrected chi connectivity index (χ2v) is 9.10. The number of hydrogen-bond acceptors (Lipinski definition) is 5. The van der Waals surface area contributed by atoms with Crippen molar-refractivity contribution in [2.75, 3.05) is 11.9 Å². The smallest absolute Gasteiger partial charge is 0.312 e. The third-order valence-corrected chi connectivity index (χ3v) is 7.02. The Balaban J connectivity index is 1.32. The number of carbonyl (C=O) groups excluding carboxylic acids is 1. The Morgan fingerprint density at radius 3 is 2.44 bits per heavy atom. The molecule has 6 nitrogen and oxygen atoms in total. The number of hydrogen-bond donors (Lipinski definition) is 3. The predicted octanol–water partition coefficient (Wildman–Crippen LogP) is 2.83. The molecule has 0 aromatic carbocycles. The van der Waals surface area contributed by atoms with E-state index in [9.17, 15) is 9.59 Å². The number of nitrogens with one attached hydrogen (secondary N) is 2. The summed E-state index contributed by atoms with van der Waals surface area (Å²) < 4.78 is 0. The third-order valence-electron chi connectivity index (χ3n) is 6.24. The number of aromatic nitrogens is 1. The zero-order chi connectivity index (χ0) is 17.6. The van der Waals surface area contributed by atoms with Crippen molar-refractivity contribution in [3.05, 3.63) is 11.1 Å². The molecule has 7 heteroatoms. The Morgan fingerprint density at radius 2 is 1.88 bits per heavy atom. The molecule has 0 radical (unpaired) electrons. The standard InChI is InChI=1S/C18H25N3O3S/c1-10(16(23)24)14-9-25-17(20-14)21-15(22)8-19-18-5-11-2-12(6-18)4-13(3-11)7-18/h9-13,19H,2-8H2,1H3,(H,23,24)(H,20,21,22). The summed E-state index contributed by atoms with van der Waals surface area (Å²) in [4.78, 5) is 27.5. The van der Waals surface area contributed by atoms with E-state index in [1.807, 2.05) is 0 Å². The molecule has 0 spiro atoms. The Hall–Kier alpha value is -1.47. The van der Waals surface area contributed by atoms with E-state index in [2.05, 4.69) is 15.6 Å². The van der Waals surface area contributed by atoms with E-state index in [0.717, 1.165) is 17.8 Å². The number of carboxylic acids is 1. The minimum atomic E-state index is -0.911. The van der Waals surface area contributed by atoms with E-state index >= 15 is 0 Å². The van der Waals surface area contributed by atoms with Crippen molar-refractivity contribution < 1.29 is 14.7 Å². The molecule has 3 N–H and O–H groups in total. The summed E-state index contributed by atoms with van der Waals surface area (Å²) in [6.45, 7) is 1.90. The molecule has 1 heterocycles. The second kappa shape index (κ2) is 6.36. The molecule has 1 atom stereocenters. The fourth-order valence-electron chi connectivity index (χ4n) is 5.43. The van der Waals surface area contributed by atoms with Crippen LogP contribution >= 0.6 is 11.3 Å². The average Bonchev–Trinajstić information content (AvgIpc) is 2.99. The van der Waals surface area contributed by atoms with Crippen molar-refractivity contribution in [3.63, 3.8) is 0 Å². The quantitative estimate of drug-likeness (QED) is 0.723. The van der Waals surface area contributed by atoms with Crippen LogP contribution < -0.4 is 10.6 Å². The Kier molecular flexibility index (Phi) is 4.32. The second-order valence-electron chi connectivity index (χ2n) is 8.24. The van der Waals surface area contributed by atoms with Crippen molar-refractivity contribution in [2.45, 2.75) is 56.9 Å². The molecular formula is C18H25N3O3S. The van der Waals surface area contributed by atoms with Crippen LogP contribution in [0.3, 0.4) is 0 Å². The molecule has 25 heavy (non-hydrogen) atoms. The summed E-state index contributed by atoms with van der Waals surface area (Å²) in [7, 11) is 0. The van der Waals surface area contributed by atoms with Crippen LogP contribution in [-0.2, 0) is 9.59 Å². The van der Waals surface area contributed by atoms with Crippen LogP contribution in [0.4, 0.5) is 5.13 Å². The molecule has 0 aliphatic heterocycles. The molecule has 5 rings (SSSR count). The Morgan fingerprint density at radius 1 is 1.28 bits per heavy atom. The molecule has 4 saturated carbocycles. The van der Waals surface area contributed by atoms with Crippen molar-refractivity contribution >= 4 is 28.3 Å². The molecule has 4 aliphatic carbocycles. The molecule has 1 aromatic heterocycles. The summed E-state index contributed by atoms with van der Waals surface area (Å²) in [5.74, 6) is 0.876. The summed E-state index contributed by atoms with van der Waals surface area (Å²) >= 11 is 1.27. The van der Waals surface area contributed by atoms with E-state index in [4.69, 9.17) is 5.11 Å². The van der Waals surface area contributed by atoms with Gasteiger partial charge in [0.05, 0.1) is 18.2 Å². The first-order chi connectivity index (χ1) is 11.9. The average molecular weight is 363 g/mol. The number of nitrogens with zero attached hydrogens (tertiary/aromatic N) is 1. The van der Waals surface area contributed by atoms with Gasteiger partial charge in [-0.3, -0.25) is 9.59 Å². The molecule has 4 bridgehead atoms. The van der Waals surface area contributed by atoms with Gasteiger partial charge >= 0.3 is 5.97 Å². The molecule has 0 saturated heterocycles. The lowest BCUT2D eigenvalue weighted by Crippen LogP contribution is -2.59. The molecule has 1 amide bonds. The lowest BCUT2D eigenvalue weighted by atomic mass is 9.53. The van der Waals surface area contributed by atoms with Gasteiger partial charge in [0, 0.05) is 10.9 Å². The first-order valence-corrected chi connectivity index (χ1v) is 10.0. The minimum absolute atomic E-state index is 0.0976. The zero-order valence-corrected chi connectivity index (χ0v) is 15.3. The molecule has 4 fully saturated rings. The number of thiazole rings is 1. The topological polar surface area (TPSA) is 91.3 Å². The van der Waals surface area contributed by atoms with E-state index in [-0.39, 0.29) is 11.4 Å². The molecule has 4 aliphatic rings. The summed E-state index contributed by atoms with van der Waals surface area (Å²) in [6, 6.07) is 0. The van der Waals surface area contributed by atoms with Gasteiger partial charge in [0.25, 0.3) is 0 Å². The molecule has 1 unspecified atom stereocenters. The maximum atomic E-state index is 12.3. The fraction of sp³-hybridized carbons (Fsp3) is 0.722. The van der Waals surface area contributed by atoms with Gasteiger partial charge in [0.2, 0.25) is 5.91 Å². The van der Waals surface area contributed by atoms with Gasteiger partial charge in [0.1, 0.15) is 0 Å². The van der Waals surface area contributed by atoms with Crippen LogP contribution in [0.1, 0.15) is 57.1 Å². The van der Waals surface area contributed by atoms with Gasteiger partial charge in [-0.2, -0.15) is 0 Å². The number of aliphatic carboxylic acids is 1. The van der Waals surface area contributed by atoms with Gasteiger partial charge in [-0.15, -0.1) is 11.3 Å². The number of carboxylic acid groups (broad SMARTS) is 1.